The second kappa shape index (κ2) is 57.9. The third-order valence-electron chi connectivity index (χ3n) is 15.3. The van der Waals surface area contributed by atoms with Crippen LogP contribution in [0.2, 0.25) is 0 Å². The number of allylic oxidation sites excluding steroid dienone is 1. The topological polar surface area (TPSA) is 220 Å². The van der Waals surface area contributed by atoms with E-state index in [1.165, 1.54) is 89.5 Å². The Kier molecular flexibility index (Phi) is 55.9. The summed E-state index contributed by atoms with van der Waals surface area (Å²) in [6.45, 7) is 31.1. The summed E-state index contributed by atoms with van der Waals surface area (Å²) in [5, 5.41) is 37.0. The van der Waals surface area contributed by atoms with E-state index in [1.807, 2.05) is 56.3 Å². The number of carbonyl (C=O) groups is 3. The number of carbonyl (C=O) groups excluding carboxylic acids is 2. The minimum absolute atomic E-state index is 0.0560. The van der Waals surface area contributed by atoms with Gasteiger partial charge in [-0.05, 0) is 216 Å². The number of primary amides is 1. The maximum atomic E-state index is 11.8. The number of carboxylic acid groups (broad SMARTS) is 1. The first-order chi connectivity index (χ1) is 47.4. The van der Waals surface area contributed by atoms with Gasteiger partial charge in [0.2, 0.25) is 6.43 Å². The van der Waals surface area contributed by atoms with Crippen LogP contribution < -0.4 is 24.7 Å². The van der Waals surface area contributed by atoms with Gasteiger partial charge in [-0.25, -0.2) is 22.8 Å². The molecule has 4 aliphatic rings. The number of phenolic OH excluding ortho intramolecular Hbond substituents is 1. The highest BCUT2D eigenvalue weighted by molar-refractivity contribution is 5.95. The van der Waals surface area contributed by atoms with E-state index in [-0.39, 0.29) is 28.5 Å². The zero-order chi connectivity index (χ0) is 76.9. The van der Waals surface area contributed by atoms with Gasteiger partial charge in [-0.2, -0.15) is 5.26 Å². The van der Waals surface area contributed by atoms with Crippen LogP contribution in [0.5, 0.6) is 34.5 Å². The molecule has 18 heteroatoms. The number of ether oxygens (including phenoxy) is 6. The number of aromatic carboxylic acids is 1. The van der Waals surface area contributed by atoms with Crippen LogP contribution in [0.15, 0.2) is 91.5 Å². The highest BCUT2D eigenvalue weighted by Gasteiger charge is 2.25. The summed E-state index contributed by atoms with van der Waals surface area (Å²) >= 11 is 0. The number of esters is 1. The predicted molar refractivity (Wildman–Crippen MR) is 406 cm³/mol. The lowest BCUT2D eigenvalue weighted by atomic mass is 9.84. The van der Waals surface area contributed by atoms with Crippen LogP contribution in [0.4, 0.5) is 13.2 Å². The average molecular weight is 1400 g/mol. The fourth-order valence-corrected chi connectivity index (χ4v) is 9.52. The van der Waals surface area contributed by atoms with Crippen molar-refractivity contribution in [2.24, 2.45) is 29.4 Å². The second-order valence-corrected chi connectivity index (χ2v) is 25.2. The van der Waals surface area contributed by atoms with Gasteiger partial charge in [0.05, 0.1) is 41.6 Å². The molecule has 0 bridgehead atoms. The van der Waals surface area contributed by atoms with E-state index in [1.54, 1.807) is 53.7 Å². The van der Waals surface area contributed by atoms with Crippen LogP contribution >= 0.6 is 0 Å². The first-order valence-corrected chi connectivity index (χ1v) is 35.3. The van der Waals surface area contributed by atoms with E-state index in [0.29, 0.717) is 23.0 Å². The van der Waals surface area contributed by atoms with E-state index in [0.717, 1.165) is 128 Å². The largest absolute Gasteiger partial charge is 0.507 e. The van der Waals surface area contributed by atoms with Crippen LogP contribution in [0.1, 0.15) is 216 Å². The SMILES string of the molecule is C=CCC.CC(C)C#N.CC(F)C(N)=O.CC(F)F.CC1CCCC1.CCC1CC1.CCCC(C)C.CCCN(C)C.CCCOC.CCc1ccccc1.COC(=O)c1cc2c(cc1O)CCc1cc(OC)c(OC)cc1-2.COc1cc2c(cc1OC)-c1cc(C(=O)O)c(O)cc1CC2. The van der Waals surface area contributed by atoms with Crippen molar-refractivity contribution in [3.63, 3.8) is 0 Å². The smallest absolute Gasteiger partial charge is 0.341 e. The number of benzene rings is 5. The number of halogens is 3. The third-order valence-corrected chi connectivity index (χ3v) is 15.3. The molecule has 0 spiro atoms. The standard InChI is InChI=1S/C18H18O5.C17H16O5.C8H10.C6H12.C6H14.C5H13N.C5H10.C4H7N.C4H10O.C4H8.C3H6FNO.C2H4F2/c1-21-16-7-11-5-4-10-6-15(19)14(18(20)23-3)8-12(10)13(11)9-17(16)22-2;1-21-15-6-10-4-3-9-5-14(18)13(17(19)20)7-11(9)12(10)8-16(15)22-2;1-2-8-6-4-3-5-7-8;1-6-4-2-3-5-6;2*1-4-5-6(2)3;1-2-5-3-4-5;1-4(2)3-5;1-3-4-5-2;1-3-4-2;1-2(4)3(5)6;1-2(3)4/h6-9,19H,4-5H2,1-3H3;5-8,18H,3-4H2,1-2H3,(H,19,20);3-7H,2H2,1H3;6H,2-5H2,1H3;6H,4-5H2,1-3H3;4-5H2,1-3H3;5H,2-4H2,1H3;4H,1-2H3;3-4H2,1-2H3;3H,1,4H2,2H3;2H,1H3,(H2,5,6);2H,1H3. The van der Waals surface area contributed by atoms with Gasteiger partial charge in [0.1, 0.15) is 22.6 Å². The lowest BCUT2D eigenvalue weighted by Crippen LogP contribution is -2.20. The van der Waals surface area contributed by atoms with Gasteiger partial charge in [-0.15, -0.1) is 6.58 Å². The number of methoxy groups -OCH3 is 6. The van der Waals surface area contributed by atoms with Crippen molar-refractivity contribution in [1.82, 2.24) is 4.90 Å². The van der Waals surface area contributed by atoms with E-state index < -0.39 is 30.4 Å². The monoisotopic (exact) mass is 1400 g/mol. The van der Waals surface area contributed by atoms with Crippen LogP contribution in [0, 0.1) is 35.0 Å². The van der Waals surface area contributed by atoms with Crippen LogP contribution in [-0.4, -0.2) is 121 Å². The molecule has 5 N–H and O–H groups in total. The first-order valence-electron chi connectivity index (χ1n) is 35.3. The van der Waals surface area contributed by atoms with Crippen molar-refractivity contribution in [3.05, 3.63) is 130 Å². The van der Waals surface area contributed by atoms with Gasteiger partial charge in [0.15, 0.2) is 29.2 Å². The molecule has 0 aliphatic heterocycles. The van der Waals surface area contributed by atoms with Gasteiger partial charge < -0.3 is 54.4 Å². The number of aryl methyl sites for hydroxylation is 5. The summed E-state index contributed by atoms with van der Waals surface area (Å²) in [5.74, 6) is 2.97. The number of nitriles is 1. The van der Waals surface area contributed by atoms with Crippen LogP contribution in [0.3, 0.4) is 0 Å². The number of nitrogens with zero attached hydrogens (tertiary/aromatic N) is 2. The minimum atomic E-state index is -2.17. The van der Waals surface area contributed by atoms with Gasteiger partial charge in [0, 0.05) is 19.6 Å². The maximum absolute atomic E-state index is 11.8. The Morgan fingerprint density at radius 1 is 0.640 bits per heavy atom. The van der Waals surface area contributed by atoms with Crippen molar-refractivity contribution >= 4 is 17.8 Å². The highest BCUT2D eigenvalue weighted by atomic mass is 19.3. The molecule has 0 saturated heterocycles. The number of hydrogen-bond acceptors (Lipinski definition) is 13. The quantitative estimate of drug-likeness (QED) is 0.0533. The Labute approximate surface area is 601 Å². The second-order valence-electron chi connectivity index (χ2n) is 25.2. The van der Waals surface area contributed by atoms with Gasteiger partial charge in [0.25, 0.3) is 5.91 Å². The van der Waals surface area contributed by atoms with Gasteiger partial charge in [-0.3, -0.25) is 4.79 Å². The Morgan fingerprint density at radius 3 is 1.23 bits per heavy atom. The fraction of sp³-hybridized carbons (Fsp3) is 0.561. The molecule has 9 rings (SSSR count). The van der Waals surface area contributed by atoms with Crippen molar-refractivity contribution in [2.75, 3.05) is 69.9 Å². The van der Waals surface area contributed by atoms with Crippen molar-refractivity contribution in [3.8, 4) is 62.8 Å². The molecule has 1 amide bonds. The zero-order valence-corrected chi connectivity index (χ0v) is 64.8. The summed E-state index contributed by atoms with van der Waals surface area (Å²) < 4.78 is 62.8. The summed E-state index contributed by atoms with van der Waals surface area (Å²) in [6.07, 6.45) is 19.0. The number of aromatic hydroxyl groups is 2. The van der Waals surface area contributed by atoms with Crippen LogP contribution in [0.25, 0.3) is 22.3 Å². The number of alkyl halides is 3. The molecule has 0 aromatic heterocycles. The summed E-state index contributed by atoms with van der Waals surface area (Å²) in [4.78, 5) is 34.8. The molecule has 1 atom stereocenters. The summed E-state index contributed by atoms with van der Waals surface area (Å²) in [5.41, 5.74) is 13.6. The number of carboxylic acids is 1. The third kappa shape index (κ3) is 43.0. The molecule has 15 nitrogen and oxygen atoms in total. The van der Waals surface area contributed by atoms with Crippen molar-refractivity contribution < 1.29 is 71.3 Å². The Bertz CT molecular complexity index is 3030. The molecule has 564 valence electrons. The number of phenols is 2. The number of nitrogens with two attached hydrogens (primary N) is 1. The predicted octanol–water partition coefficient (Wildman–Crippen LogP) is 20.4. The van der Waals surface area contributed by atoms with E-state index in [2.05, 4.69) is 118 Å². The molecule has 1 unspecified atom stereocenters. The number of fused-ring (bicyclic) bond motifs is 6. The molecule has 100 heavy (non-hydrogen) atoms. The lowest BCUT2D eigenvalue weighted by Gasteiger charge is -2.23. The lowest BCUT2D eigenvalue weighted by molar-refractivity contribution is -0.122. The molecular formula is C82H128F3N3O12. The molecule has 4 aliphatic carbocycles. The van der Waals surface area contributed by atoms with Gasteiger partial charge in [-0.1, -0.05) is 157 Å². The molecule has 0 radical (unpaired) electrons. The number of amides is 1. The Morgan fingerprint density at radius 2 is 1.02 bits per heavy atom. The average Bonchev–Trinajstić information content (AvgIpc) is 1.06. The van der Waals surface area contributed by atoms with E-state index in [9.17, 15) is 42.9 Å². The molecule has 2 saturated carbocycles. The van der Waals surface area contributed by atoms with Gasteiger partial charge >= 0.3 is 11.9 Å². The highest BCUT2D eigenvalue weighted by Crippen LogP contribution is 2.44. The molecule has 0 heterocycles. The Hall–Kier alpha value is -7.75. The minimum Gasteiger partial charge on any atom is -0.507 e. The van der Waals surface area contributed by atoms with Crippen molar-refractivity contribution in [2.45, 2.75) is 212 Å². The maximum Gasteiger partial charge on any atom is 0.341 e. The number of hydrogen-bond donors (Lipinski definition) is 4. The zero-order valence-electron chi connectivity index (χ0n) is 64.8. The summed E-state index contributed by atoms with van der Waals surface area (Å²) in [6, 6.07) is 26.5. The molecular weight excluding hydrogens is 1280 g/mol. The molecule has 2 fully saturated rings. The molecule has 5 aromatic carbocycles. The summed E-state index contributed by atoms with van der Waals surface area (Å²) in [7, 11) is 13.5. The van der Waals surface area contributed by atoms with Crippen LogP contribution in [-0.2, 0) is 46.4 Å². The van der Waals surface area contributed by atoms with Crippen molar-refractivity contribution in [1.29, 1.82) is 5.26 Å². The Balaban J connectivity index is -0.00000111. The first kappa shape index (κ1) is 96.4. The van der Waals surface area contributed by atoms with E-state index >= 15 is 0 Å². The number of rotatable bonds is 16. The normalized spacial score (nSPS) is 12.3. The van der Waals surface area contributed by atoms with E-state index in [4.69, 9.17) is 33.7 Å². The molecule has 5 aromatic rings. The fourth-order valence-electron chi connectivity index (χ4n) is 9.52.